The van der Waals surface area contributed by atoms with Crippen LogP contribution in [0.15, 0.2) is 66.7 Å². The van der Waals surface area contributed by atoms with E-state index in [9.17, 15) is 14.4 Å². The van der Waals surface area contributed by atoms with E-state index in [1.165, 1.54) is 0 Å². The molecule has 10 heteroatoms. The maximum Gasteiger partial charge on any atom is 0.306 e. The lowest BCUT2D eigenvalue weighted by Gasteiger charge is -2.09. The van der Waals surface area contributed by atoms with Gasteiger partial charge in [-0.15, -0.1) is 0 Å². The first-order valence-electron chi connectivity index (χ1n) is 10.5. The molecule has 3 rings (SSSR count). The van der Waals surface area contributed by atoms with Crippen molar-refractivity contribution < 1.29 is 28.6 Å². The van der Waals surface area contributed by atoms with Crippen molar-refractivity contribution in [3.05, 3.63) is 76.8 Å². The maximum absolute atomic E-state index is 12.1. The molecule has 0 unspecified atom stereocenters. The molecule has 0 radical (unpaired) electrons. The fourth-order valence-corrected chi connectivity index (χ4v) is 3.18. The average molecular weight is 517 g/mol. The van der Waals surface area contributed by atoms with E-state index in [1.54, 1.807) is 73.8 Å². The van der Waals surface area contributed by atoms with Gasteiger partial charge in [-0.2, -0.15) is 0 Å². The number of halogens is 2. The Balaban J connectivity index is 1.37. The Bertz CT molecular complexity index is 1180. The fraction of sp³-hybridized carbons (Fsp3) is 0.160. The summed E-state index contributed by atoms with van der Waals surface area (Å²) in [6.07, 6.45) is -0.291. The zero-order valence-corrected chi connectivity index (χ0v) is 20.2. The predicted octanol–water partition coefficient (Wildman–Crippen LogP) is 5.69. The summed E-state index contributed by atoms with van der Waals surface area (Å²) in [5.41, 5.74) is 0.850. The Morgan fingerprint density at radius 3 is 2.06 bits per heavy atom. The summed E-state index contributed by atoms with van der Waals surface area (Å²) in [5, 5.41) is 5.66. The second-order valence-corrected chi connectivity index (χ2v) is 7.95. The van der Waals surface area contributed by atoms with Gasteiger partial charge < -0.3 is 24.8 Å². The van der Waals surface area contributed by atoms with Gasteiger partial charge in [-0.1, -0.05) is 29.3 Å². The zero-order valence-electron chi connectivity index (χ0n) is 18.7. The van der Waals surface area contributed by atoms with E-state index in [1.807, 2.05) is 0 Å². The summed E-state index contributed by atoms with van der Waals surface area (Å²) >= 11 is 11.9. The molecule has 35 heavy (non-hydrogen) atoms. The molecule has 0 aliphatic rings. The molecule has 0 heterocycles. The number of carbonyl (C=O) groups is 3. The summed E-state index contributed by atoms with van der Waals surface area (Å²) in [7, 11) is 1.59. The van der Waals surface area contributed by atoms with Crippen molar-refractivity contribution in [3.8, 4) is 17.2 Å². The van der Waals surface area contributed by atoms with Crippen LogP contribution in [0.1, 0.15) is 12.8 Å². The van der Waals surface area contributed by atoms with Gasteiger partial charge in [0.1, 0.15) is 17.2 Å². The summed E-state index contributed by atoms with van der Waals surface area (Å²) in [4.78, 5) is 36.0. The van der Waals surface area contributed by atoms with Crippen LogP contribution >= 0.6 is 23.2 Å². The number of ether oxygens (including phenoxy) is 3. The van der Waals surface area contributed by atoms with Crippen LogP contribution in [0, 0.1) is 0 Å². The summed E-state index contributed by atoms with van der Waals surface area (Å²) in [6, 6.07) is 18.7. The highest BCUT2D eigenvalue weighted by molar-refractivity contribution is 6.44. The number of anilines is 2. The van der Waals surface area contributed by atoms with Crippen LogP contribution in [0.5, 0.6) is 17.2 Å². The highest BCUT2D eigenvalue weighted by atomic mass is 35.5. The number of amides is 2. The van der Waals surface area contributed by atoms with Gasteiger partial charge in [0.15, 0.2) is 6.61 Å². The van der Waals surface area contributed by atoms with Gasteiger partial charge in [-0.05, 0) is 60.7 Å². The van der Waals surface area contributed by atoms with Gasteiger partial charge >= 0.3 is 5.97 Å². The minimum atomic E-state index is -0.685. The Hall–Kier alpha value is -3.75. The van der Waals surface area contributed by atoms with Gasteiger partial charge in [0, 0.05) is 12.1 Å². The van der Waals surface area contributed by atoms with E-state index < -0.39 is 18.5 Å². The van der Waals surface area contributed by atoms with Gasteiger partial charge in [0.25, 0.3) is 5.91 Å². The largest absolute Gasteiger partial charge is 0.497 e. The molecule has 0 spiro atoms. The van der Waals surface area contributed by atoms with Crippen LogP contribution in [-0.4, -0.2) is 31.5 Å². The number of methoxy groups -OCH3 is 1. The monoisotopic (exact) mass is 516 g/mol. The predicted molar refractivity (Wildman–Crippen MR) is 133 cm³/mol. The van der Waals surface area contributed by atoms with Crippen LogP contribution in [0.25, 0.3) is 0 Å². The smallest absolute Gasteiger partial charge is 0.306 e. The van der Waals surface area contributed by atoms with Gasteiger partial charge in [0.2, 0.25) is 5.91 Å². The van der Waals surface area contributed by atoms with Crippen molar-refractivity contribution in [1.29, 1.82) is 0 Å². The molecule has 0 bridgehead atoms. The molecule has 0 aromatic heterocycles. The van der Waals surface area contributed by atoms with Crippen LogP contribution in [0.3, 0.4) is 0 Å². The van der Waals surface area contributed by atoms with E-state index in [-0.39, 0.29) is 28.8 Å². The normalized spacial score (nSPS) is 10.3. The Morgan fingerprint density at radius 1 is 0.771 bits per heavy atom. The molecule has 0 aliphatic carbocycles. The number of carbonyl (C=O) groups excluding carboxylic acids is 3. The number of hydrogen-bond acceptors (Lipinski definition) is 6. The lowest BCUT2D eigenvalue weighted by atomic mass is 10.2. The number of nitrogens with one attached hydrogen (secondary N) is 2. The quantitative estimate of drug-likeness (QED) is 0.335. The Labute approximate surface area is 212 Å². The topological polar surface area (TPSA) is 103 Å². The van der Waals surface area contributed by atoms with E-state index in [2.05, 4.69) is 10.6 Å². The molecule has 0 saturated carbocycles. The standard InChI is InChI=1S/C25H22Cl2N2O6/c1-33-17-9-11-19(12-10-17)35-18-7-5-16(6-8-18)28-22(30)13-14-24(32)34-15-23(31)29-21-4-2-3-20(26)25(21)27/h2-12H,13-15H2,1H3,(H,28,30)(H,29,31). The molecular formula is C25H22Cl2N2O6. The summed E-state index contributed by atoms with van der Waals surface area (Å²) in [6.45, 7) is -0.515. The van der Waals surface area contributed by atoms with Crippen molar-refractivity contribution in [3.63, 3.8) is 0 Å². The van der Waals surface area contributed by atoms with Crippen molar-refractivity contribution >= 4 is 52.4 Å². The van der Waals surface area contributed by atoms with Gasteiger partial charge in [-0.3, -0.25) is 14.4 Å². The molecule has 0 aliphatic heterocycles. The van der Waals surface area contributed by atoms with Crippen LogP contribution in [0.4, 0.5) is 11.4 Å². The number of hydrogen-bond donors (Lipinski definition) is 2. The van der Waals surface area contributed by atoms with Crippen molar-refractivity contribution in [1.82, 2.24) is 0 Å². The third-order valence-corrected chi connectivity index (χ3v) is 5.40. The molecule has 3 aromatic rings. The Morgan fingerprint density at radius 2 is 1.40 bits per heavy atom. The third kappa shape index (κ3) is 8.20. The fourth-order valence-electron chi connectivity index (χ4n) is 2.83. The molecule has 0 saturated heterocycles. The Kier molecular flexibility index (Phi) is 9.34. The molecule has 8 nitrogen and oxygen atoms in total. The molecule has 0 atom stereocenters. The van der Waals surface area contributed by atoms with E-state index in [4.69, 9.17) is 37.4 Å². The third-order valence-electron chi connectivity index (χ3n) is 4.58. The number of rotatable bonds is 10. The SMILES string of the molecule is COc1ccc(Oc2ccc(NC(=O)CCC(=O)OCC(=O)Nc3cccc(Cl)c3Cl)cc2)cc1. The maximum atomic E-state index is 12.1. The second kappa shape index (κ2) is 12.6. The van der Waals surface area contributed by atoms with Crippen LogP contribution < -0.4 is 20.1 Å². The molecule has 2 N–H and O–H groups in total. The van der Waals surface area contributed by atoms with Gasteiger partial charge in [0.05, 0.1) is 29.3 Å². The summed E-state index contributed by atoms with van der Waals surface area (Å²) < 4.78 is 15.7. The molecule has 182 valence electrons. The minimum absolute atomic E-state index is 0.106. The summed E-state index contributed by atoms with van der Waals surface area (Å²) in [5.74, 6) is 0.324. The molecule has 2 amide bonds. The molecule has 0 fully saturated rings. The minimum Gasteiger partial charge on any atom is -0.497 e. The molecule has 3 aromatic carbocycles. The van der Waals surface area contributed by atoms with Crippen molar-refractivity contribution in [2.75, 3.05) is 24.4 Å². The van der Waals surface area contributed by atoms with E-state index in [0.29, 0.717) is 22.9 Å². The number of benzene rings is 3. The van der Waals surface area contributed by atoms with Crippen molar-refractivity contribution in [2.45, 2.75) is 12.8 Å². The zero-order chi connectivity index (χ0) is 25.2. The van der Waals surface area contributed by atoms with E-state index in [0.717, 1.165) is 5.75 Å². The first kappa shape index (κ1) is 25.9. The highest BCUT2D eigenvalue weighted by Crippen LogP contribution is 2.29. The lowest BCUT2D eigenvalue weighted by Crippen LogP contribution is -2.22. The van der Waals surface area contributed by atoms with Gasteiger partial charge in [-0.25, -0.2) is 0 Å². The highest BCUT2D eigenvalue weighted by Gasteiger charge is 2.13. The first-order chi connectivity index (χ1) is 16.8. The van der Waals surface area contributed by atoms with Crippen molar-refractivity contribution in [2.24, 2.45) is 0 Å². The average Bonchev–Trinajstić information content (AvgIpc) is 2.86. The van der Waals surface area contributed by atoms with E-state index >= 15 is 0 Å². The molecular weight excluding hydrogens is 495 g/mol. The van der Waals surface area contributed by atoms with Crippen LogP contribution in [-0.2, 0) is 19.1 Å². The first-order valence-corrected chi connectivity index (χ1v) is 11.2. The van der Waals surface area contributed by atoms with Crippen LogP contribution in [0.2, 0.25) is 10.0 Å². The second-order valence-electron chi connectivity index (χ2n) is 7.16. The number of esters is 1. The lowest BCUT2D eigenvalue weighted by molar-refractivity contribution is -0.147.